The summed E-state index contributed by atoms with van der Waals surface area (Å²) in [5.74, 6) is 0.946. The molecular weight excluding hydrogens is 202 g/mol. The molecule has 0 bridgehead atoms. The van der Waals surface area contributed by atoms with E-state index in [4.69, 9.17) is 0 Å². The van der Waals surface area contributed by atoms with Crippen LogP contribution in [0.2, 0.25) is 0 Å². The van der Waals surface area contributed by atoms with E-state index in [0.717, 1.165) is 32.0 Å². The number of hydrogen-bond acceptors (Lipinski definition) is 3. The number of nitrogens with zero attached hydrogens (tertiary/aromatic N) is 4. The van der Waals surface area contributed by atoms with E-state index in [1.807, 2.05) is 24.9 Å². The molecule has 0 aliphatic carbocycles. The van der Waals surface area contributed by atoms with Gasteiger partial charge in [0.2, 0.25) is 5.95 Å². The van der Waals surface area contributed by atoms with Crippen LogP contribution in [0.5, 0.6) is 0 Å². The van der Waals surface area contributed by atoms with E-state index in [-0.39, 0.29) is 0 Å². The smallest absolute Gasteiger partial charge is 0.202 e. The topological polar surface area (TPSA) is 47.7 Å². The van der Waals surface area contributed by atoms with Crippen LogP contribution in [-0.2, 0) is 13.1 Å². The summed E-state index contributed by atoms with van der Waals surface area (Å²) >= 11 is 0. The standard InChI is InChI=1S/C11H17N5/c1-2-3-13-11-14-5-7-16(11)9-8-15-6-4-12-10-15/h4-7,10H,2-3,8-9H2,1H3,(H,13,14). The molecule has 1 N–H and O–H groups in total. The third-order valence-electron chi connectivity index (χ3n) is 2.41. The van der Waals surface area contributed by atoms with E-state index in [9.17, 15) is 0 Å². The first-order chi connectivity index (χ1) is 7.90. The number of anilines is 1. The lowest BCUT2D eigenvalue weighted by atomic mass is 10.5. The highest BCUT2D eigenvalue weighted by Gasteiger charge is 2.00. The fraction of sp³-hybridized carbons (Fsp3) is 0.455. The van der Waals surface area contributed by atoms with Crippen molar-refractivity contribution in [2.24, 2.45) is 0 Å². The van der Waals surface area contributed by atoms with E-state index in [0.29, 0.717) is 0 Å². The Morgan fingerprint density at radius 2 is 2.19 bits per heavy atom. The van der Waals surface area contributed by atoms with E-state index < -0.39 is 0 Å². The predicted octanol–water partition coefficient (Wildman–Crippen LogP) is 1.60. The lowest BCUT2D eigenvalue weighted by molar-refractivity contribution is 0.581. The molecule has 0 radical (unpaired) electrons. The molecule has 0 fully saturated rings. The molecule has 0 aliphatic heterocycles. The number of aryl methyl sites for hydroxylation is 2. The van der Waals surface area contributed by atoms with Gasteiger partial charge in [-0.3, -0.25) is 0 Å². The zero-order valence-electron chi connectivity index (χ0n) is 9.50. The molecule has 0 saturated heterocycles. The van der Waals surface area contributed by atoms with Gasteiger partial charge in [0.05, 0.1) is 6.33 Å². The zero-order valence-corrected chi connectivity index (χ0v) is 9.50. The fourth-order valence-corrected chi connectivity index (χ4v) is 1.54. The largest absolute Gasteiger partial charge is 0.356 e. The van der Waals surface area contributed by atoms with Gasteiger partial charge >= 0.3 is 0 Å². The molecule has 2 heterocycles. The van der Waals surface area contributed by atoms with Crippen molar-refractivity contribution in [1.82, 2.24) is 19.1 Å². The van der Waals surface area contributed by atoms with Gasteiger partial charge < -0.3 is 14.5 Å². The number of imidazole rings is 2. The average Bonchev–Trinajstić information content (AvgIpc) is 2.94. The Morgan fingerprint density at radius 1 is 1.25 bits per heavy atom. The molecule has 5 nitrogen and oxygen atoms in total. The summed E-state index contributed by atoms with van der Waals surface area (Å²) in [5, 5.41) is 3.30. The molecule has 0 atom stereocenters. The molecule has 2 rings (SSSR count). The highest BCUT2D eigenvalue weighted by molar-refractivity contribution is 5.25. The summed E-state index contributed by atoms with van der Waals surface area (Å²) in [5.41, 5.74) is 0. The van der Waals surface area contributed by atoms with Crippen LogP contribution in [0.4, 0.5) is 5.95 Å². The molecule has 0 saturated carbocycles. The van der Waals surface area contributed by atoms with Crippen molar-refractivity contribution in [2.75, 3.05) is 11.9 Å². The van der Waals surface area contributed by atoms with Crippen molar-refractivity contribution in [3.05, 3.63) is 31.1 Å². The van der Waals surface area contributed by atoms with Gasteiger partial charge in [-0.2, -0.15) is 0 Å². The van der Waals surface area contributed by atoms with Gasteiger partial charge in [0.1, 0.15) is 0 Å². The first kappa shape index (κ1) is 10.7. The van der Waals surface area contributed by atoms with Crippen LogP contribution in [0.1, 0.15) is 13.3 Å². The van der Waals surface area contributed by atoms with Crippen LogP contribution >= 0.6 is 0 Å². The molecular formula is C11H17N5. The maximum Gasteiger partial charge on any atom is 0.202 e. The number of rotatable bonds is 6. The zero-order chi connectivity index (χ0) is 11.2. The van der Waals surface area contributed by atoms with Crippen molar-refractivity contribution in [2.45, 2.75) is 26.4 Å². The van der Waals surface area contributed by atoms with Crippen LogP contribution < -0.4 is 5.32 Å². The van der Waals surface area contributed by atoms with Crippen LogP contribution in [-0.4, -0.2) is 25.6 Å². The highest BCUT2D eigenvalue weighted by atomic mass is 15.2. The minimum atomic E-state index is 0.905. The second-order valence-electron chi connectivity index (χ2n) is 3.67. The van der Waals surface area contributed by atoms with E-state index in [2.05, 4.69) is 31.3 Å². The van der Waals surface area contributed by atoms with E-state index in [1.165, 1.54) is 0 Å². The maximum absolute atomic E-state index is 4.28. The van der Waals surface area contributed by atoms with Crippen LogP contribution in [0.15, 0.2) is 31.1 Å². The third-order valence-corrected chi connectivity index (χ3v) is 2.41. The quantitative estimate of drug-likeness (QED) is 0.802. The summed E-state index contributed by atoms with van der Waals surface area (Å²) < 4.78 is 4.18. The summed E-state index contributed by atoms with van der Waals surface area (Å²) in [6.45, 7) is 4.92. The lowest BCUT2D eigenvalue weighted by Crippen LogP contribution is -2.11. The molecule has 16 heavy (non-hydrogen) atoms. The first-order valence-corrected chi connectivity index (χ1v) is 5.61. The van der Waals surface area contributed by atoms with Crippen LogP contribution in [0.3, 0.4) is 0 Å². The van der Waals surface area contributed by atoms with Gasteiger partial charge in [-0.1, -0.05) is 6.92 Å². The minimum absolute atomic E-state index is 0.905. The van der Waals surface area contributed by atoms with E-state index >= 15 is 0 Å². The fourth-order valence-electron chi connectivity index (χ4n) is 1.54. The van der Waals surface area contributed by atoms with Gasteiger partial charge in [-0.15, -0.1) is 0 Å². The van der Waals surface area contributed by atoms with E-state index in [1.54, 1.807) is 6.20 Å². The molecule has 0 spiro atoms. The number of aromatic nitrogens is 4. The lowest BCUT2D eigenvalue weighted by Gasteiger charge is -2.09. The Labute approximate surface area is 95.1 Å². The summed E-state index contributed by atoms with van der Waals surface area (Å²) in [6.07, 6.45) is 10.5. The van der Waals surface area contributed by atoms with Crippen molar-refractivity contribution < 1.29 is 0 Å². The summed E-state index contributed by atoms with van der Waals surface area (Å²) in [4.78, 5) is 8.30. The Bertz CT molecular complexity index is 404. The molecule has 86 valence electrons. The van der Waals surface area contributed by atoms with Gasteiger partial charge in [-0.25, -0.2) is 9.97 Å². The van der Waals surface area contributed by atoms with Crippen LogP contribution in [0.25, 0.3) is 0 Å². The second-order valence-corrected chi connectivity index (χ2v) is 3.67. The first-order valence-electron chi connectivity index (χ1n) is 5.61. The SMILES string of the molecule is CCCNc1nccn1CCn1ccnc1. The van der Waals surface area contributed by atoms with Crippen LogP contribution in [0, 0.1) is 0 Å². The molecule has 0 aliphatic rings. The molecule has 0 unspecified atom stereocenters. The summed E-state index contributed by atoms with van der Waals surface area (Å²) in [7, 11) is 0. The Kier molecular flexibility index (Phi) is 3.58. The molecule has 5 heteroatoms. The predicted molar refractivity (Wildman–Crippen MR) is 63.2 cm³/mol. The van der Waals surface area contributed by atoms with Gasteiger partial charge in [-0.05, 0) is 6.42 Å². The molecule has 0 amide bonds. The molecule has 2 aromatic heterocycles. The number of hydrogen-bond donors (Lipinski definition) is 1. The Balaban J connectivity index is 1.91. The van der Waals surface area contributed by atoms with Crippen molar-refractivity contribution in [1.29, 1.82) is 0 Å². The average molecular weight is 219 g/mol. The van der Waals surface area contributed by atoms with Gasteiger partial charge in [0.15, 0.2) is 0 Å². The summed E-state index contributed by atoms with van der Waals surface area (Å²) in [6, 6.07) is 0. The molecule has 2 aromatic rings. The van der Waals surface area contributed by atoms with Gasteiger partial charge in [0.25, 0.3) is 0 Å². The molecule has 0 aromatic carbocycles. The monoisotopic (exact) mass is 219 g/mol. The minimum Gasteiger partial charge on any atom is -0.356 e. The van der Waals surface area contributed by atoms with Crippen molar-refractivity contribution in [3.63, 3.8) is 0 Å². The van der Waals surface area contributed by atoms with Crippen molar-refractivity contribution in [3.8, 4) is 0 Å². The second kappa shape index (κ2) is 5.34. The van der Waals surface area contributed by atoms with Gasteiger partial charge in [0, 0.05) is 44.4 Å². The maximum atomic E-state index is 4.28. The Hall–Kier alpha value is -1.78. The normalized spacial score (nSPS) is 10.6. The number of nitrogens with one attached hydrogen (secondary N) is 1. The highest BCUT2D eigenvalue weighted by Crippen LogP contribution is 2.04. The van der Waals surface area contributed by atoms with Crippen molar-refractivity contribution >= 4 is 5.95 Å². The third kappa shape index (κ3) is 2.62. The Morgan fingerprint density at radius 3 is 2.94 bits per heavy atom.